The van der Waals surface area contributed by atoms with Crippen LogP contribution < -0.4 is 5.32 Å². The number of hydrogen-bond donors (Lipinski definition) is 1. The third-order valence-corrected chi connectivity index (χ3v) is 1.04. The fourth-order valence-electron chi connectivity index (χ4n) is 0.585. The number of rotatable bonds is 3. The fourth-order valence-corrected chi connectivity index (χ4v) is 0.585. The summed E-state index contributed by atoms with van der Waals surface area (Å²) < 4.78 is 0. The number of allylic oxidation sites excluding steroid dienone is 4. The van der Waals surface area contributed by atoms with Gasteiger partial charge >= 0.3 is 0 Å². The lowest BCUT2D eigenvalue weighted by atomic mass is 10.3. The van der Waals surface area contributed by atoms with Crippen LogP contribution in [0.3, 0.4) is 0 Å². The van der Waals surface area contributed by atoms with Crippen LogP contribution >= 0.6 is 0 Å². The topological polar surface area (TPSA) is 29.1 Å². The highest BCUT2D eigenvalue weighted by Gasteiger charge is 1.90. The minimum Gasteiger partial charge on any atom is -0.327 e. The Kier molecular flexibility index (Phi) is 11.7. The Balaban J connectivity index is 0. The van der Waals surface area contributed by atoms with E-state index in [1.165, 1.54) is 6.92 Å². The van der Waals surface area contributed by atoms with Gasteiger partial charge in [0.1, 0.15) is 0 Å². The molecule has 1 amide bonds. The molecule has 74 valence electrons. The molecule has 0 saturated heterocycles. The van der Waals surface area contributed by atoms with E-state index in [4.69, 9.17) is 0 Å². The highest BCUT2D eigenvalue weighted by Crippen LogP contribution is 1.90. The second-order valence-electron chi connectivity index (χ2n) is 2.02. The first-order valence-electron chi connectivity index (χ1n) is 4.43. The smallest absolute Gasteiger partial charge is 0.221 e. The summed E-state index contributed by atoms with van der Waals surface area (Å²) in [6, 6.07) is 0. The van der Waals surface area contributed by atoms with Crippen LogP contribution in [0.5, 0.6) is 0 Å². The van der Waals surface area contributed by atoms with E-state index >= 15 is 0 Å². The molecule has 0 aliphatic rings. The zero-order valence-electron chi connectivity index (χ0n) is 8.92. The Hall–Kier alpha value is -1.31. The molecule has 2 nitrogen and oxygen atoms in total. The molecule has 0 aromatic heterocycles. The van der Waals surface area contributed by atoms with Crippen molar-refractivity contribution in [2.45, 2.75) is 27.7 Å². The molecular formula is C11H19NO. The molecule has 0 fully saturated rings. The van der Waals surface area contributed by atoms with Gasteiger partial charge < -0.3 is 5.32 Å². The molecule has 2 heteroatoms. The van der Waals surface area contributed by atoms with Gasteiger partial charge in [0.15, 0.2) is 0 Å². The Labute approximate surface area is 81.0 Å². The van der Waals surface area contributed by atoms with Crippen molar-refractivity contribution in [3.63, 3.8) is 0 Å². The minimum atomic E-state index is -0.0631. The van der Waals surface area contributed by atoms with Crippen LogP contribution in [0.15, 0.2) is 36.6 Å². The summed E-state index contributed by atoms with van der Waals surface area (Å²) in [4.78, 5) is 10.6. The summed E-state index contributed by atoms with van der Waals surface area (Å²) >= 11 is 0. The number of amides is 1. The second kappa shape index (κ2) is 10.7. The maximum Gasteiger partial charge on any atom is 0.221 e. The fraction of sp³-hybridized carbons (Fsp3) is 0.364. The minimum absolute atomic E-state index is 0.0631. The molecule has 0 saturated carbocycles. The van der Waals surface area contributed by atoms with E-state index in [9.17, 15) is 4.79 Å². The van der Waals surface area contributed by atoms with Crippen LogP contribution in [-0.2, 0) is 4.79 Å². The van der Waals surface area contributed by atoms with Gasteiger partial charge in [0.2, 0.25) is 5.91 Å². The zero-order valence-corrected chi connectivity index (χ0v) is 8.92. The van der Waals surface area contributed by atoms with Crippen LogP contribution in [0.4, 0.5) is 0 Å². The Morgan fingerprint density at radius 1 is 1.38 bits per heavy atom. The van der Waals surface area contributed by atoms with E-state index < -0.39 is 0 Å². The van der Waals surface area contributed by atoms with Crippen LogP contribution in [0.1, 0.15) is 27.7 Å². The molecule has 0 aliphatic heterocycles. The summed E-state index contributed by atoms with van der Waals surface area (Å²) in [5.74, 6) is -0.0631. The van der Waals surface area contributed by atoms with Crippen LogP contribution in [0.2, 0.25) is 0 Å². The monoisotopic (exact) mass is 181 g/mol. The van der Waals surface area contributed by atoms with E-state index in [-0.39, 0.29) is 5.91 Å². The van der Waals surface area contributed by atoms with Crippen molar-refractivity contribution in [3.8, 4) is 0 Å². The van der Waals surface area contributed by atoms with Crippen molar-refractivity contribution in [2.24, 2.45) is 0 Å². The van der Waals surface area contributed by atoms with Crippen molar-refractivity contribution in [1.29, 1.82) is 0 Å². The van der Waals surface area contributed by atoms with Gasteiger partial charge in [0, 0.05) is 12.6 Å². The maximum atomic E-state index is 10.6. The standard InChI is InChI=1S/C9H13NO.C2H6/c1-4-6-7-9(5-2)10-8(3)11;1-2/h4-7H,1H2,2-3H3,(H,10,11);1-2H3/b7-6-,9-5+;. The van der Waals surface area contributed by atoms with E-state index in [0.717, 1.165) is 5.70 Å². The first-order valence-corrected chi connectivity index (χ1v) is 4.43. The van der Waals surface area contributed by atoms with Crippen molar-refractivity contribution in [2.75, 3.05) is 0 Å². The molecule has 1 N–H and O–H groups in total. The molecule has 0 aromatic rings. The molecule has 0 aliphatic carbocycles. The van der Waals surface area contributed by atoms with Gasteiger partial charge in [-0.05, 0) is 13.0 Å². The van der Waals surface area contributed by atoms with Crippen molar-refractivity contribution < 1.29 is 4.79 Å². The summed E-state index contributed by atoms with van der Waals surface area (Å²) in [6.07, 6.45) is 7.03. The summed E-state index contributed by atoms with van der Waals surface area (Å²) in [6.45, 7) is 10.9. The molecule has 0 spiro atoms. The van der Waals surface area contributed by atoms with Crippen molar-refractivity contribution >= 4 is 5.91 Å². The quantitative estimate of drug-likeness (QED) is 0.666. The zero-order chi connectivity index (χ0) is 10.7. The van der Waals surface area contributed by atoms with Crippen LogP contribution in [-0.4, -0.2) is 5.91 Å². The predicted octanol–water partition coefficient (Wildman–Crippen LogP) is 2.79. The van der Waals surface area contributed by atoms with E-state index in [0.29, 0.717) is 0 Å². The van der Waals surface area contributed by atoms with Gasteiger partial charge in [-0.15, -0.1) is 0 Å². The summed E-state index contributed by atoms with van der Waals surface area (Å²) in [5, 5.41) is 2.65. The first-order chi connectivity index (χ1) is 6.20. The number of carbonyl (C=O) groups excluding carboxylic acids is 1. The lowest BCUT2D eigenvalue weighted by Gasteiger charge is -1.99. The Bertz CT molecular complexity index is 202. The molecule has 13 heavy (non-hydrogen) atoms. The van der Waals surface area contributed by atoms with Crippen LogP contribution in [0.25, 0.3) is 0 Å². The molecule has 0 bridgehead atoms. The molecule has 0 aromatic carbocycles. The van der Waals surface area contributed by atoms with Gasteiger partial charge in [-0.2, -0.15) is 0 Å². The SMILES string of the molecule is C=C/C=C\C(=C/C)NC(C)=O.CC. The highest BCUT2D eigenvalue weighted by molar-refractivity contribution is 5.75. The molecule has 0 rings (SSSR count). The largest absolute Gasteiger partial charge is 0.327 e. The number of nitrogens with one attached hydrogen (secondary N) is 1. The first kappa shape index (κ1) is 14.2. The number of hydrogen-bond acceptors (Lipinski definition) is 1. The van der Waals surface area contributed by atoms with Crippen molar-refractivity contribution in [3.05, 3.63) is 36.6 Å². The normalized spacial score (nSPS) is 10.3. The van der Waals surface area contributed by atoms with Gasteiger partial charge in [0.05, 0.1) is 0 Å². The average Bonchev–Trinajstić information content (AvgIpc) is 2.15. The third-order valence-electron chi connectivity index (χ3n) is 1.04. The molecule has 0 heterocycles. The van der Waals surface area contributed by atoms with E-state index in [1.54, 1.807) is 18.2 Å². The Morgan fingerprint density at radius 3 is 2.23 bits per heavy atom. The van der Waals surface area contributed by atoms with Crippen LogP contribution in [0, 0.1) is 0 Å². The molecular weight excluding hydrogens is 162 g/mol. The number of carbonyl (C=O) groups is 1. The summed E-state index contributed by atoms with van der Waals surface area (Å²) in [5.41, 5.74) is 0.789. The predicted molar refractivity (Wildman–Crippen MR) is 58.3 cm³/mol. The van der Waals surface area contributed by atoms with E-state index in [1.807, 2.05) is 26.8 Å². The molecule has 0 unspecified atom stereocenters. The third kappa shape index (κ3) is 10.7. The lowest BCUT2D eigenvalue weighted by molar-refractivity contribution is -0.118. The molecule has 0 atom stereocenters. The Morgan fingerprint density at radius 2 is 1.92 bits per heavy atom. The average molecular weight is 181 g/mol. The summed E-state index contributed by atoms with van der Waals surface area (Å²) in [7, 11) is 0. The lowest BCUT2D eigenvalue weighted by Crippen LogP contribution is -2.17. The highest BCUT2D eigenvalue weighted by atomic mass is 16.1. The van der Waals surface area contributed by atoms with Gasteiger partial charge in [-0.3, -0.25) is 4.79 Å². The van der Waals surface area contributed by atoms with E-state index in [2.05, 4.69) is 11.9 Å². The van der Waals surface area contributed by atoms with Gasteiger partial charge in [-0.25, -0.2) is 0 Å². The van der Waals surface area contributed by atoms with Crippen molar-refractivity contribution in [1.82, 2.24) is 5.32 Å². The second-order valence-corrected chi connectivity index (χ2v) is 2.02. The maximum absolute atomic E-state index is 10.6. The van der Waals surface area contributed by atoms with Gasteiger partial charge in [0.25, 0.3) is 0 Å². The van der Waals surface area contributed by atoms with Gasteiger partial charge in [-0.1, -0.05) is 38.7 Å². The molecule has 0 radical (unpaired) electrons.